The summed E-state index contributed by atoms with van der Waals surface area (Å²) in [5.41, 5.74) is 1.32. The Morgan fingerprint density at radius 2 is 2.06 bits per heavy atom. The number of nitrogens with one attached hydrogen (secondary N) is 1. The maximum atomic E-state index is 5.55. The standard InChI is InChI=1S/C13H18BrNO/c1-9(11-3-5-12(14)6-4-11)15-13-7-8-16-10(13)2/h3-6,9-10,13,15H,7-8H2,1-2H3/t9-,10?,13?/m0/s1. The zero-order valence-electron chi connectivity index (χ0n) is 9.74. The van der Waals surface area contributed by atoms with Crippen LogP contribution in [0.3, 0.4) is 0 Å². The molecule has 2 unspecified atom stereocenters. The SMILES string of the molecule is CC1OCCC1N[C@@H](C)c1ccc(Br)cc1. The molecule has 3 heteroatoms. The summed E-state index contributed by atoms with van der Waals surface area (Å²) in [6.45, 7) is 5.22. The van der Waals surface area contributed by atoms with E-state index >= 15 is 0 Å². The first kappa shape index (κ1) is 12.1. The minimum atomic E-state index is 0.331. The Bertz CT molecular complexity index is 338. The number of ether oxygens (including phenoxy) is 1. The van der Waals surface area contributed by atoms with E-state index in [2.05, 4.69) is 59.4 Å². The fraction of sp³-hybridized carbons (Fsp3) is 0.538. The molecule has 1 heterocycles. The molecular formula is C13H18BrNO. The molecular weight excluding hydrogens is 266 g/mol. The summed E-state index contributed by atoms with van der Waals surface area (Å²) in [4.78, 5) is 0. The van der Waals surface area contributed by atoms with Crippen LogP contribution in [0, 0.1) is 0 Å². The van der Waals surface area contributed by atoms with Crippen molar-refractivity contribution < 1.29 is 4.74 Å². The number of rotatable bonds is 3. The van der Waals surface area contributed by atoms with E-state index < -0.39 is 0 Å². The van der Waals surface area contributed by atoms with Gasteiger partial charge in [0.05, 0.1) is 6.10 Å². The van der Waals surface area contributed by atoms with Gasteiger partial charge < -0.3 is 10.1 Å². The molecule has 0 aliphatic carbocycles. The van der Waals surface area contributed by atoms with E-state index in [0.29, 0.717) is 18.2 Å². The number of hydrogen-bond donors (Lipinski definition) is 1. The van der Waals surface area contributed by atoms with Crippen molar-refractivity contribution in [3.63, 3.8) is 0 Å². The molecule has 1 N–H and O–H groups in total. The van der Waals surface area contributed by atoms with Crippen LogP contribution in [-0.4, -0.2) is 18.8 Å². The summed E-state index contributed by atoms with van der Waals surface area (Å²) in [6, 6.07) is 9.34. The third-order valence-corrected chi connectivity index (χ3v) is 3.74. The predicted octanol–water partition coefficient (Wildman–Crippen LogP) is 3.28. The van der Waals surface area contributed by atoms with Crippen molar-refractivity contribution in [3.05, 3.63) is 34.3 Å². The fourth-order valence-electron chi connectivity index (χ4n) is 2.12. The molecule has 0 radical (unpaired) electrons. The van der Waals surface area contributed by atoms with E-state index in [4.69, 9.17) is 4.74 Å². The van der Waals surface area contributed by atoms with Crippen LogP contribution in [-0.2, 0) is 4.74 Å². The highest BCUT2D eigenvalue weighted by Gasteiger charge is 2.25. The van der Waals surface area contributed by atoms with Crippen molar-refractivity contribution in [2.24, 2.45) is 0 Å². The van der Waals surface area contributed by atoms with Crippen LogP contribution in [0.2, 0.25) is 0 Å². The number of hydrogen-bond acceptors (Lipinski definition) is 2. The van der Waals surface area contributed by atoms with Crippen LogP contribution in [0.5, 0.6) is 0 Å². The molecule has 1 aliphatic heterocycles. The van der Waals surface area contributed by atoms with Gasteiger partial charge in [0.1, 0.15) is 0 Å². The van der Waals surface area contributed by atoms with Gasteiger partial charge in [-0.1, -0.05) is 28.1 Å². The molecule has 16 heavy (non-hydrogen) atoms. The molecule has 1 fully saturated rings. The lowest BCUT2D eigenvalue weighted by molar-refractivity contribution is 0.111. The van der Waals surface area contributed by atoms with Crippen LogP contribution in [0.4, 0.5) is 0 Å². The van der Waals surface area contributed by atoms with Crippen LogP contribution < -0.4 is 5.32 Å². The zero-order chi connectivity index (χ0) is 11.5. The highest BCUT2D eigenvalue weighted by atomic mass is 79.9. The van der Waals surface area contributed by atoms with Gasteiger partial charge in [0.15, 0.2) is 0 Å². The molecule has 2 rings (SSSR count). The van der Waals surface area contributed by atoms with Gasteiger partial charge in [0, 0.05) is 23.2 Å². The maximum absolute atomic E-state index is 5.55. The summed E-state index contributed by atoms with van der Waals surface area (Å²) >= 11 is 3.45. The van der Waals surface area contributed by atoms with E-state index in [-0.39, 0.29) is 0 Å². The Hall–Kier alpha value is -0.380. The Balaban J connectivity index is 1.97. The monoisotopic (exact) mass is 283 g/mol. The molecule has 0 aromatic heterocycles. The van der Waals surface area contributed by atoms with Crippen molar-refractivity contribution in [2.75, 3.05) is 6.61 Å². The van der Waals surface area contributed by atoms with E-state index in [1.54, 1.807) is 0 Å². The first-order valence-corrected chi connectivity index (χ1v) is 6.59. The van der Waals surface area contributed by atoms with E-state index in [1.165, 1.54) is 5.56 Å². The molecule has 0 spiro atoms. The third-order valence-electron chi connectivity index (χ3n) is 3.21. The van der Waals surface area contributed by atoms with Crippen molar-refractivity contribution in [2.45, 2.75) is 38.5 Å². The largest absolute Gasteiger partial charge is 0.377 e. The summed E-state index contributed by atoms with van der Waals surface area (Å²) < 4.78 is 6.68. The van der Waals surface area contributed by atoms with Crippen molar-refractivity contribution in [1.82, 2.24) is 5.32 Å². The predicted molar refractivity (Wildman–Crippen MR) is 69.5 cm³/mol. The maximum Gasteiger partial charge on any atom is 0.0700 e. The van der Waals surface area contributed by atoms with Crippen LogP contribution in [0.25, 0.3) is 0 Å². The van der Waals surface area contributed by atoms with Crippen LogP contribution in [0.15, 0.2) is 28.7 Å². The number of benzene rings is 1. The van der Waals surface area contributed by atoms with Gasteiger partial charge in [-0.05, 0) is 38.0 Å². The fourth-order valence-corrected chi connectivity index (χ4v) is 2.38. The molecule has 0 amide bonds. The van der Waals surface area contributed by atoms with Gasteiger partial charge in [0.2, 0.25) is 0 Å². The third kappa shape index (κ3) is 2.84. The van der Waals surface area contributed by atoms with Crippen molar-refractivity contribution in [1.29, 1.82) is 0 Å². The second kappa shape index (κ2) is 5.30. The molecule has 88 valence electrons. The Kier molecular flexibility index (Phi) is 4.00. The summed E-state index contributed by atoms with van der Waals surface area (Å²) in [7, 11) is 0. The van der Waals surface area contributed by atoms with Gasteiger partial charge in [-0.2, -0.15) is 0 Å². The number of halogens is 1. The highest BCUT2D eigenvalue weighted by molar-refractivity contribution is 9.10. The average Bonchev–Trinajstić information content (AvgIpc) is 2.65. The van der Waals surface area contributed by atoms with Gasteiger partial charge in [-0.25, -0.2) is 0 Å². The molecule has 1 aromatic carbocycles. The van der Waals surface area contributed by atoms with Gasteiger partial charge in [-0.15, -0.1) is 0 Å². The summed E-state index contributed by atoms with van der Waals surface area (Å²) in [5, 5.41) is 3.62. The smallest absolute Gasteiger partial charge is 0.0700 e. The second-order valence-electron chi connectivity index (χ2n) is 4.41. The minimum Gasteiger partial charge on any atom is -0.377 e. The molecule has 3 atom stereocenters. The lowest BCUT2D eigenvalue weighted by Crippen LogP contribution is -2.36. The normalized spacial score (nSPS) is 26.9. The van der Waals surface area contributed by atoms with Gasteiger partial charge >= 0.3 is 0 Å². The molecule has 1 saturated heterocycles. The summed E-state index contributed by atoms with van der Waals surface area (Å²) in [6.07, 6.45) is 1.44. The molecule has 0 saturated carbocycles. The Morgan fingerprint density at radius 3 is 2.62 bits per heavy atom. The molecule has 1 aromatic rings. The van der Waals surface area contributed by atoms with Crippen molar-refractivity contribution >= 4 is 15.9 Å². The summed E-state index contributed by atoms with van der Waals surface area (Å²) in [5.74, 6) is 0. The highest BCUT2D eigenvalue weighted by Crippen LogP contribution is 2.20. The Labute approximate surface area is 106 Å². The topological polar surface area (TPSA) is 21.3 Å². The van der Waals surface area contributed by atoms with Crippen LogP contribution in [0.1, 0.15) is 31.9 Å². The lowest BCUT2D eigenvalue weighted by Gasteiger charge is -2.22. The van der Waals surface area contributed by atoms with Gasteiger partial charge in [-0.3, -0.25) is 0 Å². The zero-order valence-corrected chi connectivity index (χ0v) is 11.3. The van der Waals surface area contributed by atoms with Crippen LogP contribution >= 0.6 is 15.9 Å². The first-order valence-electron chi connectivity index (χ1n) is 5.80. The Morgan fingerprint density at radius 1 is 1.38 bits per heavy atom. The van der Waals surface area contributed by atoms with Gasteiger partial charge in [0.25, 0.3) is 0 Å². The lowest BCUT2D eigenvalue weighted by atomic mass is 10.1. The average molecular weight is 284 g/mol. The van der Waals surface area contributed by atoms with E-state index in [0.717, 1.165) is 17.5 Å². The molecule has 0 bridgehead atoms. The first-order chi connectivity index (χ1) is 7.66. The quantitative estimate of drug-likeness (QED) is 0.919. The van der Waals surface area contributed by atoms with Crippen molar-refractivity contribution in [3.8, 4) is 0 Å². The molecule has 1 aliphatic rings. The second-order valence-corrected chi connectivity index (χ2v) is 5.33. The molecule has 2 nitrogen and oxygen atoms in total. The van der Waals surface area contributed by atoms with E-state index in [1.807, 2.05) is 0 Å². The minimum absolute atomic E-state index is 0.331. The van der Waals surface area contributed by atoms with E-state index in [9.17, 15) is 0 Å².